The lowest BCUT2D eigenvalue weighted by Crippen LogP contribution is -2.30. The van der Waals surface area contributed by atoms with Gasteiger partial charge in [0.15, 0.2) is 5.82 Å². The average molecular weight is 435 g/mol. The van der Waals surface area contributed by atoms with Crippen molar-refractivity contribution in [2.45, 2.75) is 6.42 Å². The molecule has 0 unspecified atom stereocenters. The molecule has 1 saturated heterocycles. The summed E-state index contributed by atoms with van der Waals surface area (Å²) in [6.45, 7) is -0.283. The number of phenols is 1. The Morgan fingerprint density at radius 3 is 2.63 bits per heavy atom. The van der Waals surface area contributed by atoms with Crippen molar-refractivity contribution in [3.63, 3.8) is 0 Å². The van der Waals surface area contributed by atoms with E-state index in [9.17, 15) is 22.7 Å². The first-order valence-corrected chi connectivity index (χ1v) is 10.2. The fourth-order valence-electron chi connectivity index (χ4n) is 3.05. The van der Waals surface area contributed by atoms with Gasteiger partial charge in [-0.3, -0.25) is 4.79 Å². The van der Waals surface area contributed by atoms with Crippen LogP contribution in [0.15, 0.2) is 36.5 Å². The topological polar surface area (TPSA) is 125 Å². The smallest absolute Gasteiger partial charge is 0.326 e. The molecule has 0 saturated carbocycles. The summed E-state index contributed by atoms with van der Waals surface area (Å²) >= 11 is 0. The van der Waals surface area contributed by atoms with Gasteiger partial charge in [0, 0.05) is 18.1 Å². The van der Waals surface area contributed by atoms with Crippen molar-refractivity contribution in [3.05, 3.63) is 53.7 Å². The maximum Gasteiger partial charge on any atom is 0.326 e. The average Bonchev–Trinajstić information content (AvgIpc) is 2.96. The molecule has 3 aromatic rings. The zero-order valence-corrected chi connectivity index (χ0v) is 16.1. The Hall–Kier alpha value is -3.54. The number of rotatable bonds is 5. The molecule has 1 aliphatic heterocycles. The Labute approximate surface area is 169 Å². The molecule has 2 aromatic carbocycles. The van der Waals surface area contributed by atoms with Crippen molar-refractivity contribution >= 4 is 38.7 Å². The zero-order valence-electron chi connectivity index (χ0n) is 15.3. The molecule has 0 radical (unpaired) electrons. The Balaban J connectivity index is 1.62. The molecular formula is C18H15F2N5O4S. The number of anilines is 2. The van der Waals surface area contributed by atoms with Crippen LogP contribution in [0.3, 0.4) is 0 Å². The molecule has 1 aliphatic rings. The molecule has 2 heterocycles. The van der Waals surface area contributed by atoms with Gasteiger partial charge in [-0.2, -0.15) is 8.42 Å². The molecule has 156 valence electrons. The second-order valence-electron chi connectivity index (χ2n) is 6.53. The first kappa shape index (κ1) is 19.8. The molecule has 1 fully saturated rings. The van der Waals surface area contributed by atoms with Gasteiger partial charge in [-0.25, -0.2) is 27.8 Å². The second kappa shape index (κ2) is 7.37. The van der Waals surface area contributed by atoms with Gasteiger partial charge in [-0.05, 0) is 30.2 Å². The molecule has 9 nitrogen and oxygen atoms in total. The highest BCUT2D eigenvalue weighted by molar-refractivity contribution is 7.92. The summed E-state index contributed by atoms with van der Waals surface area (Å²) in [4.78, 5) is 19.6. The molecule has 0 spiro atoms. The second-order valence-corrected chi connectivity index (χ2v) is 8.12. The van der Waals surface area contributed by atoms with Crippen LogP contribution in [0.5, 0.6) is 5.75 Å². The number of fused-ring (bicyclic) bond motifs is 1. The molecule has 12 heteroatoms. The number of aromatic nitrogens is 2. The van der Waals surface area contributed by atoms with Crippen LogP contribution in [0.2, 0.25) is 0 Å². The van der Waals surface area contributed by atoms with Crippen LogP contribution in [-0.2, 0) is 21.4 Å². The van der Waals surface area contributed by atoms with Crippen molar-refractivity contribution in [2.75, 3.05) is 22.7 Å². The van der Waals surface area contributed by atoms with Gasteiger partial charge in [0.25, 0.3) is 5.91 Å². The molecule has 1 aromatic heterocycles. The highest BCUT2D eigenvalue weighted by Crippen LogP contribution is 2.37. The Kier molecular flexibility index (Phi) is 4.86. The van der Waals surface area contributed by atoms with E-state index in [4.69, 9.17) is 0 Å². The number of aromatic hydroxyl groups is 1. The van der Waals surface area contributed by atoms with E-state index in [0.29, 0.717) is 17.3 Å². The van der Waals surface area contributed by atoms with Crippen LogP contribution in [0.1, 0.15) is 5.56 Å². The highest BCUT2D eigenvalue weighted by Gasteiger charge is 2.38. The number of nitrogens with zero attached hydrogens (tertiary/aromatic N) is 3. The predicted octanol–water partition coefficient (Wildman–Crippen LogP) is 1.45. The quantitative estimate of drug-likeness (QED) is 0.554. The van der Waals surface area contributed by atoms with Crippen LogP contribution < -0.4 is 14.3 Å². The van der Waals surface area contributed by atoms with Crippen molar-refractivity contribution < 1.29 is 27.1 Å². The summed E-state index contributed by atoms with van der Waals surface area (Å²) in [6, 6.07) is 7.08. The molecular weight excluding hydrogens is 420 g/mol. The van der Waals surface area contributed by atoms with E-state index < -0.39 is 39.9 Å². The number of carbonyl (C=O) groups is 1. The van der Waals surface area contributed by atoms with Gasteiger partial charge < -0.3 is 10.4 Å². The minimum Gasteiger partial charge on any atom is -0.506 e. The number of benzene rings is 2. The third-order valence-corrected chi connectivity index (χ3v) is 5.82. The molecule has 4 rings (SSSR count). The van der Waals surface area contributed by atoms with Crippen LogP contribution in [0.4, 0.5) is 20.4 Å². The summed E-state index contributed by atoms with van der Waals surface area (Å²) in [5.74, 6) is -2.87. The van der Waals surface area contributed by atoms with E-state index >= 15 is 4.39 Å². The first-order chi connectivity index (χ1) is 14.2. The van der Waals surface area contributed by atoms with E-state index in [1.54, 1.807) is 16.9 Å². The molecule has 30 heavy (non-hydrogen) atoms. The molecule has 1 amide bonds. The Bertz CT molecular complexity index is 1250. The molecule has 3 N–H and O–H groups in total. The summed E-state index contributed by atoms with van der Waals surface area (Å²) in [5.41, 5.74) is -0.0204. The fourth-order valence-corrected chi connectivity index (χ4v) is 4.21. The van der Waals surface area contributed by atoms with Gasteiger partial charge in [0.1, 0.15) is 29.3 Å². The molecule has 0 atom stereocenters. The van der Waals surface area contributed by atoms with E-state index in [1.807, 2.05) is 0 Å². The zero-order chi connectivity index (χ0) is 21.5. The Morgan fingerprint density at radius 1 is 1.23 bits per heavy atom. The van der Waals surface area contributed by atoms with Crippen molar-refractivity contribution in [1.29, 1.82) is 0 Å². The maximum absolute atomic E-state index is 15.1. The van der Waals surface area contributed by atoms with E-state index in [1.165, 1.54) is 18.3 Å². The van der Waals surface area contributed by atoms with Gasteiger partial charge in [-0.15, -0.1) is 0 Å². The molecule has 0 bridgehead atoms. The van der Waals surface area contributed by atoms with Crippen molar-refractivity contribution in [3.8, 4) is 5.75 Å². The lowest BCUT2D eigenvalue weighted by Gasteiger charge is -2.18. The minimum absolute atomic E-state index is 0.0821. The van der Waals surface area contributed by atoms with Crippen LogP contribution >= 0.6 is 0 Å². The number of amides is 1. The number of carbonyl (C=O) groups excluding carboxylic acids is 1. The van der Waals surface area contributed by atoms with Gasteiger partial charge in [0.05, 0.1) is 0 Å². The van der Waals surface area contributed by atoms with Crippen LogP contribution in [-0.4, -0.2) is 42.5 Å². The Morgan fingerprint density at radius 2 is 1.97 bits per heavy atom. The number of halogens is 2. The normalized spacial score (nSPS) is 15.4. The van der Waals surface area contributed by atoms with Crippen molar-refractivity contribution in [2.24, 2.45) is 0 Å². The fraction of sp³-hybridized carbons (Fsp3) is 0.167. The highest BCUT2D eigenvalue weighted by atomic mass is 32.2. The lowest BCUT2D eigenvalue weighted by atomic mass is 10.1. The summed E-state index contributed by atoms with van der Waals surface area (Å²) in [5, 5.41) is 13.2. The summed E-state index contributed by atoms with van der Waals surface area (Å²) < 4.78 is 54.3. The molecule has 0 aliphatic carbocycles. The monoisotopic (exact) mass is 435 g/mol. The largest absolute Gasteiger partial charge is 0.506 e. The number of nitrogens with one attached hydrogen (secondary N) is 2. The van der Waals surface area contributed by atoms with E-state index in [0.717, 1.165) is 11.6 Å². The maximum atomic E-state index is 15.1. The van der Waals surface area contributed by atoms with Crippen molar-refractivity contribution in [1.82, 2.24) is 14.7 Å². The van der Waals surface area contributed by atoms with E-state index in [2.05, 4.69) is 15.3 Å². The third-order valence-electron chi connectivity index (χ3n) is 4.45. The third kappa shape index (κ3) is 3.68. The minimum atomic E-state index is -4.31. The van der Waals surface area contributed by atoms with Gasteiger partial charge in [-0.1, -0.05) is 12.1 Å². The SMILES string of the molecule is O=C1CN(c2c(O)cc3cnc(NCCc4ccc(F)cc4)nc3c2F)S(=O)(=O)N1. The number of hydrogen-bond acceptors (Lipinski definition) is 7. The first-order valence-electron chi connectivity index (χ1n) is 8.74. The van der Waals surface area contributed by atoms with Crippen LogP contribution in [0, 0.1) is 11.6 Å². The standard InChI is InChI=1S/C18H15F2N5O4S/c19-12-3-1-10(2-4-12)5-6-21-18-22-8-11-7-13(26)17(15(20)16(11)23-18)25-9-14(27)24-30(25,28)29/h1-4,7-8,26H,5-6,9H2,(H,24,27)(H,21,22,23). The summed E-state index contributed by atoms with van der Waals surface area (Å²) in [7, 11) is -4.31. The van der Waals surface area contributed by atoms with E-state index in [-0.39, 0.29) is 22.7 Å². The summed E-state index contributed by atoms with van der Waals surface area (Å²) in [6.07, 6.45) is 1.81. The van der Waals surface area contributed by atoms with Gasteiger partial charge in [0.2, 0.25) is 5.95 Å². The number of phenolic OH excluding ortho intramolecular Hbond substituents is 1. The van der Waals surface area contributed by atoms with Gasteiger partial charge >= 0.3 is 10.2 Å². The van der Waals surface area contributed by atoms with Crippen LogP contribution in [0.25, 0.3) is 10.9 Å². The lowest BCUT2D eigenvalue weighted by molar-refractivity contribution is -0.117. The number of hydrogen-bond donors (Lipinski definition) is 3. The predicted molar refractivity (Wildman–Crippen MR) is 104 cm³/mol.